The molecule has 0 saturated carbocycles. The number of benzene rings is 6. The molecule has 2 aromatic heterocycles. The lowest BCUT2D eigenvalue weighted by molar-refractivity contribution is -0.531. The summed E-state index contributed by atoms with van der Waals surface area (Å²) in [6.07, 6.45) is 5.52. The van der Waals surface area contributed by atoms with Crippen molar-refractivity contribution >= 4 is 56.6 Å². The Labute approximate surface area is 277 Å². The Hall–Kier alpha value is -6.13. The van der Waals surface area contributed by atoms with E-state index in [0.29, 0.717) is 5.92 Å². The second-order valence-corrected chi connectivity index (χ2v) is 12.7. The molecule has 0 spiro atoms. The van der Waals surface area contributed by atoms with Gasteiger partial charge in [0.05, 0.1) is 0 Å². The van der Waals surface area contributed by atoms with Gasteiger partial charge in [-0.15, -0.1) is 0 Å². The van der Waals surface area contributed by atoms with Gasteiger partial charge in [-0.3, -0.25) is 0 Å². The van der Waals surface area contributed by atoms with Gasteiger partial charge in [0.2, 0.25) is 0 Å². The standard InChI is InChI=1S/C44H30N2O2/c1-3-10-28(11-4-1)30-18-20-31(21-19-30)43-45-44(38-16-9-15-37-34-14-7-8-17-39(34)48-42(37)38)46(43)33-23-25-36-35-24-22-32(29-12-5-2-6-13-29)26-40(35)47-41(36)27-33/h1-21,23-27,32,43H,22H2/p+1. The fraction of sp³-hybridized carbons (Fsp3) is 0.0682. The molecule has 4 nitrogen and oxygen atoms in total. The molecule has 2 atom stereocenters. The normalized spacial score (nSPS) is 17.1. The van der Waals surface area contributed by atoms with Crippen LogP contribution in [-0.2, 0) is 0 Å². The van der Waals surface area contributed by atoms with E-state index < -0.39 is 0 Å². The van der Waals surface area contributed by atoms with Crippen molar-refractivity contribution in [3.05, 3.63) is 173 Å². The van der Waals surface area contributed by atoms with Gasteiger partial charge in [-0.1, -0.05) is 109 Å². The second kappa shape index (κ2) is 10.7. The molecule has 1 N–H and O–H groups in total. The lowest BCUT2D eigenvalue weighted by Crippen LogP contribution is -2.51. The van der Waals surface area contributed by atoms with E-state index in [0.717, 1.165) is 61.8 Å². The fourth-order valence-electron chi connectivity index (χ4n) is 7.50. The maximum atomic E-state index is 6.60. The van der Waals surface area contributed by atoms with Crippen LogP contribution in [0.3, 0.4) is 0 Å². The molecule has 6 aromatic carbocycles. The molecule has 0 radical (unpaired) electrons. The van der Waals surface area contributed by atoms with Crippen LogP contribution in [0.5, 0.6) is 0 Å². The summed E-state index contributed by atoms with van der Waals surface area (Å²) in [7, 11) is 0. The van der Waals surface area contributed by atoms with Crippen LogP contribution in [0.4, 0.5) is 5.69 Å². The number of amidine groups is 1. The summed E-state index contributed by atoms with van der Waals surface area (Å²) in [6, 6.07) is 51.4. The summed E-state index contributed by atoms with van der Waals surface area (Å²) >= 11 is 0. The van der Waals surface area contributed by atoms with E-state index in [1.54, 1.807) is 0 Å². The Bertz CT molecular complexity index is 2670. The first-order chi connectivity index (χ1) is 23.8. The van der Waals surface area contributed by atoms with Crippen LogP contribution < -0.4 is 16.0 Å². The monoisotopic (exact) mass is 619 g/mol. The third-order valence-corrected chi connectivity index (χ3v) is 9.94. The Morgan fingerprint density at radius 1 is 0.583 bits per heavy atom. The summed E-state index contributed by atoms with van der Waals surface area (Å²) < 4.78 is 15.5. The first-order valence-electron chi connectivity index (χ1n) is 16.6. The van der Waals surface area contributed by atoms with Crippen LogP contribution in [0.15, 0.2) is 154 Å². The van der Waals surface area contributed by atoms with Crippen LogP contribution in [0.2, 0.25) is 0 Å². The van der Waals surface area contributed by atoms with Gasteiger partial charge in [-0.2, -0.15) is 4.58 Å². The number of para-hydroxylation sites is 2. The van der Waals surface area contributed by atoms with Gasteiger partial charge in [0.15, 0.2) is 5.58 Å². The third-order valence-electron chi connectivity index (χ3n) is 9.94. The van der Waals surface area contributed by atoms with Crippen molar-refractivity contribution < 1.29 is 13.4 Å². The molecule has 10 rings (SSSR count). The highest BCUT2D eigenvalue weighted by atomic mass is 16.3. The summed E-state index contributed by atoms with van der Waals surface area (Å²) in [5, 5.41) is 8.39. The van der Waals surface area contributed by atoms with E-state index in [1.165, 1.54) is 27.5 Å². The number of hydrogen-bond acceptors (Lipinski definition) is 3. The molecule has 1 aliphatic heterocycles. The van der Waals surface area contributed by atoms with E-state index in [2.05, 4.69) is 156 Å². The quantitative estimate of drug-likeness (QED) is 0.195. The van der Waals surface area contributed by atoms with Crippen LogP contribution in [0, 0.1) is 0 Å². The van der Waals surface area contributed by atoms with Gasteiger partial charge < -0.3 is 8.83 Å². The SMILES string of the molecule is C1=c2oc3cc([N+]4=C(c5cccc6c5oc5ccccc56)NC4c4ccc(-c5ccccc5)cc4)ccc3c2=CCC1c1ccccc1. The van der Waals surface area contributed by atoms with Gasteiger partial charge in [0.25, 0.3) is 12.0 Å². The maximum Gasteiger partial charge on any atom is 0.293 e. The van der Waals surface area contributed by atoms with E-state index >= 15 is 0 Å². The smallest absolute Gasteiger partial charge is 0.293 e. The van der Waals surface area contributed by atoms with Crippen molar-refractivity contribution in [2.75, 3.05) is 0 Å². The van der Waals surface area contributed by atoms with Gasteiger partial charge in [0, 0.05) is 38.9 Å². The number of furan rings is 2. The topological polar surface area (TPSA) is 41.3 Å². The van der Waals surface area contributed by atoms with Crippen molar-refractivity contribution in [3.8, 4) is 11.1 Å². The number of fused-ring (bicyclic) bond motifs is 6. The highest BCUT2D eigenvalue weighted by molar-refractivity contribution is 6.14. The van der Waals surface area contributed by atoms with Crippen molar-refractivity contribution in [3.63, 3.8) is 0 Å². The molecule has 8 aromatic rings. The zero-order valence-corrected chi connectivity index (χ0v) is 26.1. The summed E-state index contributed by atoms with van der Waals surface area (Å²) in [5.41, 5.74) is 10.6. The highest BCUT2D eigenvalue weighted by Gasteiger charge is 2.42. The molecule has 0 saturated heterocycles. The molecule has 2 unspecified atom stereocenters. The van der Waals surface area contributed by atoms with Crippen LogP contribution in [0.25, 0.3) is 56.2 Å². The van der Waals surface area contributed by atoms with Crippen molar-refractivity contribution in [2.45, 2.75) is 18.5 Å². The van der Waals surface area contributed by atoms with Gasteiger partial charge in [-0.05, 0) is 65.6 Å². The average molecular weight is 620 g/mol. The maximum absolute atomic E-state index is 6.60. The first-order valence-corrected chi connectivity index (χ1v) is 16.6. The van der Waals surface area contributed by atoms with Crippen molar-refractivity contribution in [1.29, 1.82) is 0 Å². The predicted molar refractivity (Wildman–Crippen MR) is 194 cm³/mol. The molecule has 1 aliphatic carbocycles. The Morgan fingerprint density at radius 3 is 2.19 bits per heavy atom. The number of nitrogens with one attached hydrogen (secondary N) is 1. The number of nitrogens with zero attached hydrogens (tertiary/aromatic N) is 1. The molecule has 3 heterocycles. The predicted octanol–water partition coefficient (Wildman–Crippen LogP) is 9.14. The minimum absolute atomic E-state index is 0.0629. The second-order valence-electron chi connectivity index (χ2n) is 12.7. The largest absolute Gasteiger partial charge is 0.456 e. The van der Waals surface area contributed by atoms with Crippen LogP contribution in [0.1, 0.15) is 35.2 Å². The molecule has 0 fully saturated rings. The Kier molecular flexibility index (Phi) is 6.03. The van der Waals surface area contributed by atoms with Crippen LogP contribution >= 0.6 is 0 Å². The number of rotatable bonds is 5. The van der Waals surface area contributed by atoms with E-state index in [4.69, 9.17) is 8.83 Å². The third kappa shape index (κ3) is 4.26. The van der Waals surface area contributed by atoms with Gasteiger partial charge in [-0.25, -0.2) is 5.32 Å². The summed E-state index contributed by atoms with van der Waals surface area (Å²) in [4.78, 5) is 0. The molecule has 4 heteroatoms. The van der Waals surface area contributed by atoms with E-state index in [-0.39, 0.29) is 6.17 Å². The van der Waals surface area contributed by atoms with Crippen molar-refractivity contribution in [1.82, 2.24) is 5.32 Å². The highest BCUT2D eigenvalue weighted by Crippen LogP contribution is 2.37. The minimum Gasteiger partial charge on any atom is -0.456 e. The van der Waals surface area contributed by atoms with E-state index in [9.17, 15) is 0 Å². The molecule has 2 aliphatic rings. The Morgan fingerprint density at radius 2 is 1.33 bits per heavy atom. The molecule has 228 valence electrons. The zero-order valence-electron chi connectivity index (χ0n) is 26.1. The van der Waals surface area contributed by atoms with Gasteiger partial charge in [0.1, 0.15) is 27.8 Å². The summed E-state index contributed by atoms with van der Waals surface area (Å²) in [6.45, 7) is 0. The lowest BCUT2D eigenvalue weighted by atomic mass is 9.92. The fourth-order valence-corrected chi connectivity index (χ4v) is 7.50. The average Bonchev–Trinajstić information content (AvgIpc) is 3.70. The molecule has 0 amide bonds. The van der Waals surface area contributed by atoms with Crippen LogP contribution in [-0.4, -0.2) is 10.4 Å². The molecular formula is C44H31N2O2+. The minimum atomic E-state index is -0.0629. The lowest BCUT2D eigenvalue weighted by Gasteiger charge is -2.29. The number of hydrogen-bond donors (Lipinski definition) is 1. The zero-order chi connectivity index (χ0) is 31.6. The first kappa shape index (κ1) is 27.0. The molecule has 48 heavy (non-hydrogen) atoms. The molecule has 0 bridgehead atoms. The van der Waals surface area contributed by atoms with Crippen molar-refractivity contribution in [2.24, 2.45) is 0 Å². The van der Waals surface area contributed by atoms with Gasteiger partial charge >= 0.3 is 0 Å². The molecular weight excluding hydrogens is 588 g/mol. The van der Waals surface area contributed by atoms with E-state index in [1.807, 2.05) is 12.1 Å². The summed E-state index contributed by atoms with van der Waals surface area (Å²) in [5.74, 6) is 1.32. The Balaban J connectivity index is 1.12.